The van der Waals surface area contributed by atoms with Crippen LogP contribution in [0.2, 0.25) is 0 Å². The Bertz CT molecular complexity index is 505. The summed E-state index contributed by atoms with van der Waals surface area (Å²) in [7, 11) is 1.67. The first kappa shape index (κ1) is 13.4. The van der Waals surface area contributed by atoms with Gasteiger partial charge in [-0.15, -0.1) is 0 Å². The minimum atomic E-state index is 0.113. The second-order valence-corrected chi connectivity index (χ2v) is 4.33. The predicted molar refractivity (Wildman–Crippen MR) is 75.3 cm³/mol. The van der Waals surface area contributed by atoms with E-state index in [1.807, 2.05) is 43.3 Å². The van der Waals surface area contributed by atoms with Crippen molar-refractivity contribution in [2.24, 2.45) is 0 Å². The third kappa shape index (κ3) is 3.26. The summed E-state index contributed by atoms with van der Waals surface area (Å²) >= 11 is 0. The molecule has 100 valence electrons. The van der Waals surface area contributed by atoms with E-state index in [1.165, 1.54) is 11.1 Å². The average molecular weight is 258 g/mol. The lowest BCUT2D eigenvalue weighted by Crippen LogP contribution is -2.53. The van der Waals surface area contributed by atoms with Crippen LogP contribution in [-0.2, 0) is 0 Å². The molecule has 19 heavy (non-hydrogen) atoms. The van der Waals surface area contributed by atoms with Crippen molar-refractivity contribution in [1.82, 2.24) is 0 Å². The van der Waals surface area contributed by atoms with Gasteiger partial charge in [0.15, 0.2) is 0 Å². The molecule has 0 aliphatic rings. The van der Waals surface area contributed by atoms with Gasteiger partial charge < -0.3 is 15.2 Å². The summed E-state index contributed by atoms with van der Waals surface area (Å²) in [5.74, 6) is 1.76. The van der Waals surface area contributed by atoms with Gasteiger partial charge in [0.1, 0.15) is 17.5 Å². The van der Waals surface area contributed by atoms with Crippen LogP contribution < -0.4 is 15.2 Å². The zero-order valence-electron chi connectivity index (χ0n) is 11.4. The van der Waals surface area contributed by atoms with Crippen LogP contribution in [0.3, 0.4) is 0 Å². The fraction of sp³-hybridized carbons (Fsp3) is 0.250. The maximum absolute atomic E-state index is 5.44. The van der Waals surface area contributed by atoms with E-state index in [9.17, 15) is 0 Å². The Balaban J connectivity index is 2.15. The number of benzene rings is 2. The first-order valence-electron chi connectivity index (χ1n) is 6.44. The van der Waals surface area contributed by atoms with Crippen molar-refractivity contribution >= 4 is 0 Å². The summed E-state index contributed by atoms with van der Waals surface area (Å²) in [5, 5.41) is 0. The van der Waals surface area contributed by atoms with Crippen LogP contribution in [0.25, 0.3) is 0 Å². The quantitative estimate of drug-likeness (QED) is 0.895. The molecule has 2 aromatic carbocycles. The first-order chi connectivity index (χ1) is 9.24. The molecule has 0 fully saturated rings. The number of methoxy groups -OCH3 is 1. The fourth-order valence-electron chi connectivity index (χ4n) is 1.99. The molecule has 2 rings (SSSR count). The summed E-state index contributed by atoms with van der Waals surface area (Å²) in [5.41, 5.74) is 6.57. The number of quaternary nitrogens is 1. The van der Waals surface area contributed by atoms with Crippen LogP contribution in [0.1, 0.15) is 24.1 Å². The van der Waals surface area contributed by atoms with E-state index in [1.54, 1.807) is 7.11 Å². The van der Waals surface area contributed by atoms with Crippen molar-refractivity contribution in [1.29, 1.82) is 0 Å². The SMILES string of the molecule is CCOc1ccc(C([NH3+])c2ccc(OC)cc2)cc1. The summed E-state index contributed by atoms with van der Waals surface area (Å²) in [6.07, 6.45) is 0. The highest BCUT2D eigenvalue weighted by Gasteiger charge is 2.12. The molecule has 0 saturated carbocycles. The van der Waals surface area contributed by atoms with Gasteiger partial charge in [-0.25, -0.2) is 0 Å². The molecule has 0 radical (unpaired) electrons. The first-order valence-corrected chi connectivity index (χ1v) is 6.44. The van der Waals surface area contributed by atoms with Crippen LogP contribution in [0.4, 0.5) is 0 Å². The highest BCUT2D eigenvalue weighted by Crippen LogP contribution is 2.22. The molecule has 0 heterocycles. The van der Waals surface area contributed by atoms with Gasteiger partial charge in [-0.05, 0) is 55.5 Å². The van der Waals surface area contributed by atoms with E-state index in [4.69, 9.17) is 9.47 Å². The highest BCUT2D eigenvalue weighted by atomic mass is 16.5. The Morgan fingerprint density at radius 2 is 1.37 bits per heavy atom. The third-order valence-corrected chi connectivity index (χ3v) is 3.11. The monoisotopic (exact) mass is 258 g/mol. The Morgan fingerprint density at radius 1 is 0.895 bits per heavy atom. The van der Waals surface area contributed by atoms with Crippen molar-refractivity contribution in [3.8, 4) is 11.5 Å². The second-order valence-electron chi connectivity index (χ2n) is 4.33. The van der Waals surface area contributed by atoms with E-state index in [0.717, 1.165) is 11.5 Å². The molecule has 1 atom stereocenters. The molecule has 2 aromatic rings. The molecular formula is C16H20NO2+. The van der Waals surface area contributed by atoms with Gasteiger partial charge >= 0.3 is 0 Å². The molecule has 1 unspecified atom stereocenters. The Hall–Kier alpha value is -2.00. The molecule has 0 aliphatic carbocycles. The maximum atomic E-state index is 5.44. The van der Waals surface area contributed by atoms with Crippen LogP contribution in [0.15, 0.2) is 48.5 Å². The summed E-state index contributed by atoms with van der Waals surface area (Å²) < 4.78 is 10.6. The zero-order chi connectivity index (χ0) is 13.7. The zero-order valence-corrected chi connectivity index (χ0v) is 11.4. The number of ether oxygens (including phenoxy) is 2. The van der Waals surface area contributed by atoms with Crippen molar-refractivity contribution in [3.05, 3.63) is 59.7 Å². The smallest absolute Gasteiger partial charge is 0.136 e. The molecule has 0 amide bonds. The highest BCUT2D eigenvalue weighted by molar-refractivity contribution is 5.36. The van der Waals surface area contributed by atoms with Crippen molar-refractivity contribution in [2.45, 2.75) is 13.0 Å². The van der Waals surface area contributed by atoms with E-state index < -0.39 is 0 Å². The summed E-state index contributed by atoms with van der Waals surface area (Å²) in [6, 6.07) is 16.2. The van der Waals surface area contributed by atoms with Gasteiger partial charge in [-0.2, -0.15) is 0 Å². The average Bonchev–Trinajstić information content (AvgIpc) is 2.48. The normalized spacial score (nSPS) is 11.9. The van der Waals surface area contributed by atoms with Crippen molar-refractivity contribution < 1.29 is 15.2 Å². The lowest BCUT2D eigenvalue weighted by molar-refractivity contribution is -0.411. The Morgan fingerprint density at radius 3 is 1.79 bits per heavy atom. The molecule has 0 aromatic heterocycles. The summed E-state index contributed by atoms with van der Waals surface area (Å²) in [4.78, 5) is 0. The minimum Gasteiger partial charge on any atom is -0.497 e. The van der Waals surface area contributed by atoms with Crippen LogP contribution in [0.5, 0.6) is 11.5 Å². The second kappa shape index (κ2) is 6.25. The van der Waals surface area contributed by atoms with Gasteiger partial charge in [0.25, 0.3) is 0 Å². The molecule has 3 nitrogen and oxygen atoms in total. The van der Waals surface area contributed by atoms with Crippen molar-refractivity contribution in [3.63, 3.8) is 0 Å². The standard InChI is InChI=1S/C16H19NO2/c1-3-19-15-10-6-13(7-11-15)16(17)12-4-8-14(18-2)9-5-12/h4-11,16H,3,17H2,1-2H3/p+1. The summed E-state index contributed by atoms with van der Waals surface area (Å²) in [6.45, 7) is 2.67. The molecule has 3 N–H and O–H groups in total. The number of hydrogen-bond acceptors (Lipinski definition) is 2. The van der Waals surface area contributed by atoms with E-state index in [0.29, 0.717) is 6.61 Å². The maximum Gasteiger partial charge on any atom is 0.136 e. The third-order valence-electron chi connectivity index (χ3n) is 3.11. The minimum absolute atomic E-state index is 0.113. The van der Waals surface area contributed by atoms with Gasteiger partial charge in [-0.1, -0.05) is 0 Å². The molecule has 3 heteroatoms. The van der Waals surface area contributed by atoms with Gasteiger partial charge in [0.2, 0.25) is 0 Å². The van der Waals surface area contributed by atoms with E-state index >= 15 is 0 Å². The Labute approximate surface area is 114 Å². The topological polar surface area (TPSA) is 46.1 Å². The van der Waals surface area contributed by atoms with E-state index in [2.05, 4.69) is 17.9 Å². The number of rotatable bonds is 5. The lowest BCUT2D eigenvalue weighted by Gasteiger charge is -2.11. The predicted octanol–water partition coefficient (Wildman–Crippen LogP) is 2.43. The van der Waals surface area contributed by atoms with Gasteiger partial charge in [0.05, 0.1) is 13.7 Å². The molecule has 0 saturated heterocycles. The van der Waals surface area contributed by atoms with Gasteiger partial charge in [0, 0.05) is 11.1 Å². The van der Waals surface area contributed by atoms with E-state index in [-0.39, 0.29) is 6.04 Å². The molecule has 0 spiro atoms. The fourth-order valence-corrected chi connectivity index (χ4v) is 1.99. The Kier molecular flexibility index (Phi) is 4.42. The van der Waals surface area contributed by atoms with Crippen molar-refractivity contribution in [2.75, 3.05) is 13.7 Å². The molecule has 0 aliphatic heterocycles. The van der Waals surface area contributed by atoms with Crippen LogP contribution in [-0.4, -0.2) is 13.7 Å². The number of hydrogen-bond donors (Lipinski definition) is 1. The van der Waals surface area contributed by atoms with Gasteiger partial charge in [-0.3, -0.25) is 0 Å². The lowest BCUT2D eigenvalue weighted by atomic mass is 9.99. The van der Waals surface area contributed by atoms with Crippen LogP contribution in [0, 0.1) is 0 Å². The molecular weight excluding hydrogens is 238 g/mol. The largest absolute Gasteiger partial charge is 0.497 e. The molecule has 0 bridgehead atoms. The van der Waals surface area contributed by atoms with Crippen LogP contribution >= 0.6 is 0 Å².